The number of nitrogens with one attached hydrogen (secondary N) is 2. The molecule has 2 aromatic heterocycles. The molecule has 0 spiro atoms. The number of rotatable bonds is 1. The van der Waals surface area contributed by atoms with Crippen molar-refractivity contribution >= 4 is 27.6 Å². The number of hydrogen-bond donors (Lipinski definition) is 3. The van der Waals surface area contributed by atoms with E-state index in [0.29, 0.717) is 11.7 Å². The lowest BCUT2D eigenvalue weighted by Crippen LogP contribution is -1.84. The van der Waals surface area contributed by atoms with Crippen LogP contribution in [0.15, 0.2) is 24.3 Å². The van der Waals surface area contributed by atoms with Gasteiger partial charge in [0.15, 0.2) is 0 Å². The highest BCUT2D eigenvalue weighted by Crippen LogP contribution is 2.26. The second kappa shape index (κ2) is 3.04. The fourth-order valence-electron chi connectivity index (χ4n) is 2.12. The van der Waals surface area contributed by atoms with E-state index in [1.165, 1.54) is 16.5 Å². The molecule has 0 saturated heterocycles. The molecule has 0 unspecified atom stereocenters. The molecule has 16 heavy (non-hydrogen) atoms. The van der Waals surface area contributed by atoms with Crippen molar-refractivity contribution in [2.45, 2.75) is 19.8 Å². The Bertz CT molecular complexity index is 607. The van der Waals surface area contributed by atoms with Crippen LogP contribution in [0.2, 0.25) is 0 Å². The first-order chi connectivity index (χ1) is 7.63. The lowest BCUT2D eigenvalue weighted by atomic mass is 10.1. The summed E-state index contributed by atoms with van der Waals surface area (Å²) in [6.45, 7) is 4.38. The highest BCUT2D eigenvalue weighted by molar-refractivity contribution is 5.97. The lowest BCUT2D eigenvalue weighted by molar-refractivity contribution is 0.836. The molecule has 0 fully saturated rings. The van der Waals surface area contributed by atoms with Crippen LogP contribution in [0.3, 0.4) is 0 Å². The predicted molar refractivity (Wildman–Crippen MR) is 68.7 cm³/mol. The Morgan fingerprint density at radius 3 is 2.38 bits per heavy atom. The molecule has 4 N–H and O–H groups in total. The van der Waals surface area contributed by atoms with Crippen LogP contribution in [0.1, 0.15) is 25.5 Å². The van der Waals surface area contributed by atoms with Crippen molar-refractivity contribution in [3.63, 3.8) is 0 Å². The van der Waals surface area contributed by atoms with Crippen molar-refractivity contribution < 1.29 is 0 Å². The fraction of sp³-hybridized carbons (Fsp3) is 0.231. The zero-order chi connectivity index (χ0) is 11.3. The summed E-state index contributed by atoms with van der Waals surface area (Å²) in [6, 6.07) is 8.46. The van der Waals surface area contributed by atoms with Crippen molar-refractivity contribution in [1.29, 1.82) is 0 Å². The second-order valence-corrected chi connectivity index (χ2v) is 4.63. The summed E-state index contributed by atoms with van der Waals surface area (Å²) in [5.41, 5.74) is 9.26. The number of fused-ring (bicyclic) bond motifs is 2. The van der Waals surface area contributed by atoms with Gasteiger partial charge in [0.05, 0.1) is 0 Å². The summed E-state index contributed by atoms with van der Waals surface area (Å²) in [5.74, 6) is 1.24. The molecule has 3 aromatic rings. The fourth-order valence-corrected chi connectivity index (χ4v) is 2.12. The molecular weight excluding hydrogens is 198 g/mol. The van der Waals surface area contributed by atoms with Crippen LogP contribution in [0.25, 0.3) is 21.8 Å². The molecule has 0 aliphatic carbocycles. The van der Waals surface area contributed by atoms with E-state index in [-0.39, 0.29) is 0 Å². The van der Waals surface area contributed by atoms with Crippen LogP contribution in [0.4, 0.5) is 5.82 Å². The molecule has 2 heterocycles. The van der Waals surface area contributed by atoms with E-state index < -0.39 is 0 Å². The first kappa shape index (κ1) is 9.33. The quantitative estimate of drug-likeness (QED) is 0.570. The van der Waals surface area contributed by atoms with E-state index in [9.17, 15) is 0 Å². The number of H-pyrrole nitrogens is 2. The van der Waals surface area contributed by atoms with E-state index in [0.717, 1.165) is 11.0 Å². The molecule has 1 aromatic carbocycles. The standard InChI is InChI=1S/C13H15N3/c1-7(2)10-4-8-3-9-5-13(14)16-12(9)6-11(8)15-10/h3-7,15-16H,14H2,1-2H3. The Morgan fingerprint density at radius 1 is 0.938 bits per heavy atom. The highest BCUT2D eigenvalue weighted by Gasteiger charge is 2.06. The van der Waals surface area contributed by atoms with Gasteiger partial charge in [-0.05, 0) is 30.2 Å². The minimum atomic E-state index is 0.524. The van der Waals surface area contributed by atoms with Crippen LogP contribution in [0.5, 0.6) is 0 Å². The minimum Gasteiger partial charge on any atom is -0.385 e. The van der Waals surface area contributed by atoms with Gasteiger partial charge in [0.25, 0.3) is 0 Å². The van der Waals surface area contributed by atoms with Gasteiger partial charge in [-0.1, -0.05) is 13.8 Å². The molecule has 0 saturated carbocycles. The summed E-state index contributed by atoms with van der Waals surface area (Å²) in [5, 5.41) is 2.41. The third-order valence-corrected chi connectivity index (χ3v) is 3.02. The van der Waals surface area contributed by atoms with Gasteiger partial charge in [0.1, 0.15) is 5.82 Å². The van der Waals surface area contributed by atoms with Crippen LogP contribution in [-0.4, -0.2) is 9.97 Å². The van der Waals surface area contributed by atoms with E-state index in [2.05, 4.69) is 42.0 Å². The van der Waals surface area contributed by atoms with Gasteiger partial charge in [-0.3, -0.25) is 0 Å². The predicted octanol–water partition coefficient (Wildman–Crippen LogP) is 3.35. The van der Waals surface area contributed by atoms with Gasteiger partial charge < -0.3 is 15.7 Å². The maximum Gasteiger partial charge on any atom is 0.101 e. The van der Waals surface area contributed by atoms with Crippen LogP contribution < -0.4 is 5.73 Å². The largest absolute Gasteiger partial charge is 0.385 e. The second-order valence-electron chi connectivity index (χ2n) is 4.63. The smallest absolute Gasteiger partial charge is 0.101 e. The Morgan fingerprint density at radius 2 is 1.62 bits per heavy atom. The van der Waals surface area contributed by atoms with Crippen LogP contribution in [-0.2, 0) is 0 Å². The molecule has 0 atom stereocenters. The van der Waals surface area contributed by atoms with Crippen LogP contribution in [0, 0.1) is 0 Å². The Labute approximate surface area is 93.6 Å². The monoisotopic (exact) mass is 213 g/mol. The number of benzene rings is 1. The molecule has 0 radical (unpaired) electrons. The first-order valence-corrected chi connectivity index (χ1v) is 5.54. The maximum atomic E-state index is 5.73. The third kappa shape index (κ3) is 1.28. The van der Waals surface area contributed by atoms with Crippen molar-refractivity contribution in [2.24, 2.45) is 0 Å². The summed E-state index contributed by atoms with van der Waals surface area (Å²) < 4.78 is 0. The van der Waals surface area contributed by atoms with Crippen molar-refractivity contribution in [3.05, 3.63) is 30.0 Å². The minimum absolute atomic E-state index is 0.524. The van der Waals surface area contributed by atoms with Gasteiger partial charge in [-0.25, -0.2) is 0 Å². The first-order valence-electron chi connectivity index (χ1n) is 5.54. The number of aromatic amines is 2. The maximum absolute atomic E-state index is 5.73. The van der Waals surface area contributed by atoms with Gasteiger partial charge in [-0.15, -0.1) is 0 Å². The molecule has 0 bridgehead atoms. The molecule has 0 amide bonds. The van der Waals surface area contributed by atoms with E-state index in [4.69, 9.17) is 5.73 Å². The van der Waals surface area contributed by atoms with Crippen molar-refractivity contribution in [2.75, 3.05) is 5.73 Å². The molecule has 0 aliphatic heterocycles. The number of nitrogens with two attached hydrogens (primary N) is 1. The SMILES string of the molecule is CC(C)c1cc2cc3cc(N)[nH]c3cc2[nH]1. The Kier molecular flexibility index (Phi) is 1.78. The van der Waals surface area contributed by atoms with E-state index in [1.54, 1.807) is 0 Å². The van der Waals surface area contributed by atoms with Gasteiger partial charge in [0.2, 0.25) is 0 Å². The highest BCUT2D eigenvalue weighted by atomic mass is 14.8. The summed E-state index contributed by atoms with van der Waals surface area (Å²) in [4.78, 5) is 6.58. The number of aromatic nitrogens is 2. The molecule has 3 nitrogen and oxygen atoms in total. The third-order valence-electron chi connectivity index (χ3n) is 3.02. The Balaban J connectivity index is 2.31. The molecular formula is C13H15N3. The van der Waals surface area contributed by atoms with Gasteiger partial charge in [0, 0.05) is 27.5 Å². The molecule has 3 rings (SSSR count). The van der Waals surface area contributed by atoms with E-state index in [1.807, 2.05) is 6.07 Å². The number of nitrogen functional groups attached to an aromatic ring is 1. The number of anilines is 1. The summed E-state index contributed by atoms with van der Waals surface area (Å²) in [6.07, 6.45) is 0. The van der Waals surface area contributed by atoms with Gasteiger partial charge in [-0.2, -0.15) is 0 Å². The zero-order valence-electron chi connectivity index (χ0n) is 9.46. The summed E-state index contributed by atoms with van der Waals surface area (Å²) in [7, 11) is 0. The molecule has 0 aliphatic rings. The summed E-state index contributed by atoms with van der Waals surface area (Å²) >= 11 is 0. The molecule has 82 valence electrons. The zero-order valence-corrected chi connectivity index (χ0v) is 9.46. The van der Waals surface area contributed by atoms with Crippen LogP contribution >= 0.6 is 0 Å². The topological polar surface area (TPSA) is 57.6 Å². The normalized spacial score (nSPS) is 11.9. The Hall–Kier alpha value is -1.90. The van der Waals surface area contributed by atoms with E-state index >= 15 is 0 Å². The van der Waals surface area contributed by atoms with Crippen molar-refractivity contribution in [3.8, 4) is 0 Å². The average Bonchev–Trinajstić information content (AvgIpc) is 2.74. The van der Waals surface area contributed by atoms with Crippen molar-refractivity contribution in [1.82, 2.24) is 9.97 Å². The number of hydrogen-bond acceptors (Lipinski definition) is 1. The molecule has 3 heteroatoms. The average molecular weight is 213 g/mol. The van der Waals surface area contributed by atoms with Gasteiger partial charge >= 0.3 is 0 Å². The lowest BCUT2D eigenvalue weighted by Gasteiger charge is -1.97.